The summed E-state index contributed by atoms with van der Waals surface area (Å²) in [6, 6.07) is 21.7. The molecule has 3 aromatic heterocycles. The molecule has 3 N–H and O–H groups in total. The molecule has 168 valence electrons. The molecule has 2 aromatic carbocycles. The molecular weight excluding hydrogens is 464 g/mol. The fourth-order valence-corrected chi connectivity index (χ4v) is 4.73. The van der Waals surface area contributed by atoms with Gasteiger partial charge in [0.1, 0.15) is 10.8 Å². The van der Waals surface area contributed by atoms with E-state index in [9.17, 15) is 0 Å². The maximum Gasteiger partial charge on any atom is 0.156 e. The second-order valence-electron chi connectivity index (χ2n) is 7.60. The first-order chi connectivity index (χ1) is 16.6. The summed E-state index contributed by atoms with van der Waals surface area (Å²) in [4.78, 5) is 18.5. The van der Waals surface area contributed by atoms with Crippen molar-refractivity contribution in [2.75, 3.05) is 18.1 Å². The molecular formula is C26H21ClN6S. The molecule has 0 amide bonds. The smallest absolute Gasteiger partial charge is 0.156 e. The van der Waals surface area contributed by atoms with E-state index in [1.807, 2.05) is 80.0 Å². The molecule has 0 atom stereocenters. The van der Waals surface area contributed by atoms with Crippen LogP contribution in [0.25, 0.3) is 33.4 Å². The molecule has 0 aliphatic heterocycles. The van der Waals surface area contributed by atoms with Gasteiger partial charge in [0.2, 0.25) is 0 Å². The summed E-state index contributed by atoms with van der Waals surface area (Å²) in [5.74, 6) is 1.88. The Balaban J connectivity index is 1.59. The van der Waals surface area contributed by atoms with Crippen molar-refractivity contribution in [1.29, 1.82) is 0 Å². The standard InChI is InChI=1S/C26H21ClN6S/c1-29-21-10-9-16(14-31-21)15-34-26-25(28)32-23(17-6-3-2-4-7-17)24(33-26)19-12-18-8-5-11-30-22(18)20(27)13-19/h2-14H,15H2,1H3,(H2,28,32)(H,29,31). The number of aromatic nitrogens is 4. The lowest BCUT2D eigenvalue weighted by molar-refractivity contribution is 1.08. The van der Waals surface area contributed by atoms with Crippen LogP contribution in [0.1, 0.15) is 5.56 Å². The third kappa shape index (κ3) is 4.53. The fraction of sp³-hybridized carbons (Fsp3) is 0.0769. The Kier molecular flexibility index (Phi) is 6.29. The molecule has 6 nitrogen and oxygen atoms in total. The predicted molar refractivity (Wildman–Crippen MR) is 141 cm³/mol. The van der Waals surface area contributed by atoms with E-state index in [0.717, 1.165) is 39.1 Å². The van der Waals surface area contributed by atoms with Crippen molar-refractivity contribution in [3.8, 4) is 22.5 Å². The first-order valence-corrected chi connectivity index (χ1v) is 12.0. The molecule has 0 saturated carbocycles. The van der Waals surface area contributed by atoms with Crippen molar-refractivity contribution >= 4 is 45.9 Å². The van der Waals surface area contributed by atoms with Crippen LogP contribution in [0.3, 0.4) is 0 Å². The number of halogens is 1. The summed E-state index contributed by atoms with van der Waals surface area (Å²) in [5, 5.41) is 5.19. The monoisotopic (exact) mass is 484 g/mol. The number of pyridine rings is 2. The lowest BCUT2D eigenvalue weighted by atomic mass is 10.0. The van der Waals surface area contributed by atoms with Crippen molar-refractivity contribution < 1.29 is 0 Å². The average molecular weight is 485 g/mol. The summed E-state index contributed by atoms with van der Waals surface area (Å²) in [5.41, 5.74) is 11.4. The number of rotatable bonds is 6. The highest BCUT2D eigenvalue weighted by Crippen LogP contribution is 2.37. The van der Waals surface area contributed by atoms with Gasteiger partial charge in [-0.2, -0.15) is 0 Å². The van der Waals surface area contributed by atoms with Crippen LogP contribution >= 0.6 is 23.4 Å². The maximum absolute atomic E-state index is 6.59. The van der Waals surface area contributed by atoms with E-state index in [2.05, 4.69) is 15.3 Å². The van der Waals surface area contributed by atoms with Crippen LogP contribution in [-0.4, -0.2) is 27.0 Å². The van der Waals surface area contributed by atoms with E-state index < -0.39 is 0 Å². The van der Waals surface area contributed by atoms with Gasteiger partial charge in [-0.25, -0.2) is 15.0 Å². The molecule has 0 fully saturated rings. The molecule has 34 heavy (non-hydrogen) atoms. The topological polar surface area (TPSA) is 89.6 Å². The van der Waals surface area contributed by atoms with Gasteiger partial charge >= 0.3 is 0 Å². The molecule has 8 heteroatoms. The van der Waals surface area contributed by atoms with Gasteiger partial charge in [-0.15, -0.1) is 0 Å². The summed E-state index contributed by atoms with van der Waals surface area (Å²) in [7, 11) is 1.85. The van der Waals surface area contributed by atoms with Crippen molar-refractivity contribution in [2.24, 2.45) is 0 Å². The van der Waals surface area contributed by atoms with Crippen molar-refractivity contribution in [2.45, 2.75) is 10.8 Å². The number of hydrogen-bond donors (Lipinski definition) is 2. The first-order valence-electron chi connectivity index (χ1n) is 10.7. The van der Waals surface area contributed by atoms with E-state index in [1.165, 1.54) is 11.8 Å². The van der Waals surface area contributed by atoms with Crippen LogP contribution < -0.4 is 11.1 Å². The van der Waals surface area contributed by atoms with Crippen LogP contribution in [0.2, 0.25) is 5.02 Å². The molecule has 0 spiro atoms. The van der Waals surface area contributed by atoms with Crippen LogP contribution in [0.15, 0.2) is 84.1 Å². The summed E-state index contributed by atoms with van der Waals surface area (Å²) in [6.07, 6.45) is 3.58. The number of nitrogens with one attached hydrogen (secondary N) is 1. The van der Waals surface area contributed by atoms with Gasteiger partial charge in [-0.3, -0.25) is 4.98 Å². The summed E-state index contributed by atoms with van der Waals surface area (Å²) >= 11 is 8.12. The molecule has 0 saturated heterocycles. The molecule has 0 unspecified atom stereocenters. The van der Waals surface area contributed by atoms with Crippen molar-refractivity contribution in [3.05, 3.63) is 89.7 Å². The minimum absolute atomic E-state index is 0.390. The van der Waals surface area contributed by atoms with Crippen LogP contribution in [0.5, 0.6) is 0 Å². The van der Waals surface area contributed by atoms with Gasteiger partial charge < -0.3 is 11.1 Å². The van der Waals surface area contributed by atoms with Gasteiger partial charge in [0.05, 0.1) is 21.9 Å². The minimum atomic E-state index is 0.390. The third-order valence-corrected chi connectivity index (χ3v) is 6.66. The number of nitrogens with two attached hydrogens (primary N) is 1. The quantitative estimate of drug-likeness (QED) is 0.272. The number of fused-ring (bicyclic) bond motifs is 1. The molecule has 5 rings (SSSR count). The lowest BCUT2D eigenvalue weighted by Gasteiger charge is -2.14. The summed E-state index contributed by atoms with van der Waals surface area (Å²) < 4.78 is 0. The highest BCUT2D eigenvalue weighted by molar-refractivity contribution is 7.98. The number of anilines is 2. The van der Waals surface area contributed by atoms with Gasteiger partial charge in [-0.1, -0.05) is 65.8 Å². The Bertz CT molecular complexity index is 1460. The van der Waals surface area contributed by atoms with E-state index in [0.29, 0.717) is 27.3 Å². The Morgan fingerprint density at radius 1 is 0.912 bits per heavy atom. The van der Waals surface area contributed by atoms with E-state index in [-0.39, 0.29) is 0 Å². The third-order valence-electron chi connectivity index (χ3n) is 5.32. The number of nitrogen functional groups attached to an aromatic ring is 1. The van der Waals surface area contributed by atoms with Crippen LogP contribution in [0.4, 0.5) is 11.6 Å². The first kappa shape index (κ1) is 22.1. The van der Waals surface area contributed by atoms with Gasteiger partial charge in [0, 0.05) is 41.7 Å². The lowest BCUT2D eigenvalue weighted by Crippen LogP contribution is -2.02. The fourth-order valence-electron chi connectivity index (χ4n) is 3.63. The van der Waals surface area contributed by atoms with Crippen LogP contribution in [0, 0.1) is 0 Å². The SMILES string of the molecule is CNc1ccc(CSc2nc(-c3cc(Cl)c4ncccc4c3)c(-c3ccccc3)nc2N)cn1. The second kappa shape index (κ2) is 9.67. The van der Waals surface area contributed by atoms with Gasteiger partial charge in [-0.05, 0) is 29.8 Å². The van der Waals surface area contributed by atoms with E-state index >= 15 is 0 Å². The highest BCUT2D eigenvalue weighted by Gasteiger charge is 2.17. The zero-order chi connectivity index (χ0) is 23.5. The molecule has 5 aromatic rings. The van der Waals surface area contributed by atoms with Crippen LogP contribution in [-0.2, 0) is 5.75 Å². The Labute approximate surface area is 206 Å². The Morgan fingerprint density at radius 2 is 1.74 bits per heavy atom. The number of benzene rings is 2. The van der Waals surface area contributed by atoms with Crippen molar-refractivity contribution in [1.82, 2.24) is 19.9 Å². The Hall–Kier alpha value is -3.68. The minimum Gasteiger partial charge on any atom is -0.381 e. The second-order valence-corrected chi connectivity index (χ2v) is 8.97. The number of hydrogen-bond acceptors (Lipinski definition) is 7. The number of thioether (sulfide) groups is 1. The van der Waals surface area contributed by atoms with E-state index in [1.54, 1.807) is 6.20 Å². The van der Waals surface area contributed by atoms with E-state index in [4.69, 9.17) is 27.3 Å². The van der Waals surface area contributed by atoms with Gasteiger partial charge in [0.15, 0.2) is 5.82 Å². The predicted octanol–water partition coefficient (Wildman–Crippen LogP) is 6.32. The molecule has 0 aliphatic rings. The maximum atomic E-state index is 6.59. The average Bonchev–Trinajstić information content (AvgIpc) is 2.88. The summed E-state index contributed by atoms with van der Waals surface area (Å²) in [6.45, 7) is 0. The largest absolute Gasteiger partial charge is 0.381 e. The van der Waals surface area contributed by atoms with Gasteiger partial charge in [0.25, 0.3) is 0 Å². The molecule has 0 aliphatic carbocycles. The Morgan fingerprint density at radius 3 is 2.50 bits per heavy atom. The molecule has 0 radical (unpaired) electrons. The zero-order valence-corrected chi connectivity index (χ0v) is 19.9. The molecule has 0 bridgehead atoms. The molecule has 3 heterocycles. The normalized spacial score (nSPS) is 11.0. The zero-order valence-electron chi connectivity index (χ0n) is 18.4. The highest BCUT2D eigenvalue weighted by atomic mass is 35.5. The van der Waals surface area contributed by atoms with Crippen molar-refractivity contribution in [3.63, 3.8) is 0 Å². The number of nitrogens with zero attached hydrogens (tertiary/aromatic N) is 4.